The molecule has 5 nitrogen and oxygen atoms in total. The van der Waals surface area contributed by atoms with Crippen LogP contribution in [0.25, 0.3) is 10.9 Å². The normalized spacial score (nSPS) is 27.9. The molecule has 0 spiro atoms. The summed E-state index contributed by atoms with van der Waals surface area (Å²) in [6, 6.07) is 8.02. The van der Waals surface area contributed by atoms with Gasteiger partial charge >= 0.3 is 5.97 Å². The highest BCUT2D eigenvalue weighted by Gasteiger charge is 2.46. The van der Waals surface area contributed by atoms with Gasteiger partial charge in [-0.05, 0) is 32.0 Å². The second kappa shape index (κ2) is 6.40. The number of hydrogen-bond acceptors (Lipinski definition) is 4. The molecule has 1 aromatic heterocycles. The van der Waals surface area contributed by atoms with Crippen LogP contribution in [0.15, 0.2) is 35.9 Å². The highest BCUT2D eigenvalue weighted by molar-refractivity contribution is 6.03. The Hall–Kier alpha value is -2.40. The third-order valence-electron chi connectivity index (χ3n) is 6.08. The van der Waals surface area contributed by atoms with Crippen LogP contribution < -0.4 is 0 Å². The molecule has 0 radical (unpaired) electrons. The summed E-state index contributed by atoms with van der Waals surface area (Å²) in [5.41, 5.74) is 3.85. The Balaban J connectivity index is 1.91. The van der Waals surface area contributed by atoms with Gasteiger partial charge in [0.15, 0.2) is 5.78 Å². The maximum absolute atomic E-state index is 13.1. The highest BCUT2D eigenvalue weighted by atomic mass is 16.5. The minimum atomic E-state index is -0.323. The molecule has 2 bridgehead atoms. The topological polar surface area (TPSA) is 62.4 Å². The molecule has 0 unspecified atom stereocenters. The Labute approximate surface area is 153 Å². The summed E-state index contributed by atoms with van der Waals surface area (Å²) < 4.78 is 5.14. The van der Waals surface area contributed by atoms with Crippen LogP contribution in [0.5, 0.6) is 0 Å². The maximum atomic E-state index is 13.1. The molecule has 2 heterocycles. The van der Waals surface area contributed by atoms with E-state index in [1.807, 2.05) is 37.3 Å². The number of likely N-dealkylation sites (tertiary alicyclic amines) is 1. The summed E-state index contributed by atoms with van der Waals surface area (Å²) in [7, 11) is 3.49. The molecular formula is C21H24N2O3. The number of rotatable bonds is 1. The van der Waals surface area contributed by atoms with Crippen molar-refractivity contribution in [2.45, 2.75) is 25.8 Å². The standard InChI is InChI=1S/C21H24N2O3/c1-4-12-11-23(2)17-9-15-13-7-5-6-8-16(13)22-20(15)18(24)10-14(12)19(17)21(25)26-3/h4-8,14,17,19,22H,9-11H2,1-3H3/b12-4-/t14-,17-,19-/m1/s1. The van der Waals surface area contributed by atoms with Gasteiger partial charge in [0.05, 0.1) is 18.7 Å². The van der Waals surface area contributed by atoms with E-state index in [-0.39, 0.29) is 29.6 Å². The molecule has 0 amide bonds. The van der Waals surface area contributed by atoms with Crippen molar-refractivity contribution in [2.24, 2.45) is 11.8 Å². The van der Waals surface area contributed by atoms with Gasteiger partial charge in [0.1, 0.15) is 0 Å². The smallest absolute Gasteiger partial charge is 0.310 e. The SMILES string of the molecule is C/C=C1/CN(C)[C@@H]2Cc3c([nH]c4ccccc34)C(=O)C[C@H]1[C@H]2C(=O)OC. The number of methoxy groups -OCH3 is 1. The van der Waals surface area contributed by atoms with Gasteiger partial charge in [-0.3, -0.25) is 14.5 Å². The molecule has 1 saturated heterocycles. The van der Waals surface area contributed by atoms with E-state index in [1.54, 1.807) is 0 Å². The number of nitrogens with zero attached hydrogens (tertiary/aromatic N) is 1. The first-order valence-corrected chi connectivity index (χ1v) is 9.11. The van der Waals surface area contributed by atoms with Gasteiger partial charge in [0.25, 0.3) is 0 Å². The first kappa shape index (κ1) is 17.0. The second-order valence-corrected chi connectivity index (χ2v) is 7.36. The first-order chi connectivity index (χ1) is 12.5. The molecular weight excluding hydrogens is 328 g/mol. The summed E-state index contributed by atoms with van der Waals surface area (Å²) in [6.45, 7) is 2.76. The Morgan fingerprint density at radius 2 is 2.08 bits per heavy atom. The number of aromatic amines is 1. The van der Waals surface area contributed by atoms with Gasteiger partial charge in [-0.2, -0.15) is 0 Å². The molecule has 1 N–H and O–H groups in total. The lowest BCUT2D eigenvalue weighted by Crippen LogP contribution is -2.54. The number of nitrogens with one attached hydrogen (secondary N) is 1. The molecule has 1 aliphatic heterocycles. The Morgan fingerprint density at radius 3 is 2.81 bits per heavy atom. The number of hydrogen-bond donors (Lipinski definition) is 1. The lowest BCUT2D eigenvalue weighted by Gasteiger charge is -2.45. The number of piperidine rings is 1. The number of ketones is 1. The van der Waals surface area contributed by atoms with Crippen LogP contribution in [-0.2, 0) is 16.0 Å². The van der Waals surface area contributed by atoms with Crippen LogP contribution >= 0.6 is 0 Å². The van der Waals surface area contributed by atoms with Crippen molar-refractivity contribution in [1.29, 1.82) is 0 Å². The maximum Gasteiger partial charge on any atom is 0.310 e. The summed E-state index contributed by atoms with van der Waals surface area (Å²) in [6.07, 6.45) is 3.05. The van der Waals surface area contributed by atoms with E-state index in [2.05, 4.69) is 16.9 Å². The fourth-order valence-electron chi connectivity index (χ4n) is 4.76. The second-order valence-electron chi connectivity index (χ2n) is 7.36. The van der Waals surface area contributed by atoms with Crippen LogP contribution in [-0.4, -0.2) is 48.4 Å². The molecule has 26 heavy (non-hydrogen) atoms. The number of esters is 1. The van der Waals surface area contributed by atoms with Crippen LogP contribution in [0.1, 0.15) is 29.4 Å². The summed E-state index contributed by atoms with van der Waals surface area (Å²) in [5.74, 6) is -0.559. The van der Waals surface area contributed by atoms with E-state index in [0.717, 1.165) is 28.6 Å². The van der Waals surface area contributed by atoms with Crippen LogP contribution in [0.3, 0.4) is 0 Å². The largest absolute Gasteiger partial charge is 0.469 e. The predicted octanol–water partition coefficient (Wildman–Crippen LogP) is 2.96. The molecule has 1 aliphatic carbocycles. The molecule has 3 atom stereocenters. The van der Waals surface area contributed by atoms with Crippen molar-refractivity contribution >= 4 is 22.7 Å². The van der Waals surface area contributed by atoms with Crippen LogP contribution in [0.2, 0.25) is 0 Å². The van der Waals surface area contributed by atoms with E-state index in [0.29, 0.717) is 18.5 Å². The molecule has 1 fully saturated rings. The molecule has 2 aromatic rings. The van der Waals surface area contributed by atoms with Gasteiger partial charge in [0, 0.05) is 35.8 Å². The van der Waals surface area contributed by atoms with Crippen LogP contribution in [0.4, 0.5) is 0 Å². The molecule has 2 aliphatic rings. The number of carbonyl (C=O) groups excluding carboxylic acids is 2. The highest BCUT2D eigenvalue weighted by Crippen LogP contribution is 2.41. The van der Waals surface area contributed by atoms with Gasteiger partial charge in [-0.15, -0.1) is 0 Å². The molecule has 4 rings (SSSR count). The minimum absolute atomic E-state index is 0.0159. The molecule has 1 aromatic carbocycles. The average Bonchev–Trinajstić information content (AvgIpc) is 3.01. The van der Waals surface area contributed by atoms with Crippen molar-refractivity contribution in [3.05, 3.63) is 47.2 Å². The van der Waals surface area contributed by atoms with Gasteiger partial charge < -0.3 is 9.72 Å². The number of allylic oxidation sites excluding steroid dienone is 1. The number of Topliss-reactive ketones (excluding diaryl/α,β-unsaturated/α-hetero) is 1. The lowest BCUT2D eigenvalue weighted by molar-refractivity contribution is -0.150. The van der Waals surface area contributed by atoms with Gasteiger partial charge in [-0.25, -0.2) is 0 Å². The lowest BCUT2D eigenvalue weighted by atomic mass is 9.70. The number of carbonyl (C=O) groups is 2. The number of para-hydroxylation sites is 1. The third kappa shape index (κ3) is 2.50. The number of H-pyrrole nitrogens is 1. The Kier molecular flexibility index (Phi) is 4.19. The van der Waals surface area contributed by atoms with E-state index in [9.17, 15) is 9.59 Å². The van der Waals surface area contributed by atoms with E-state index >= 15 is 0 Å². The quantitative estimate of drug-likeness (QED) is 0.633. The van der Waals surface area contributed by atoms with Crippen LogP contribution in [0, 0.1) is 11.8 Å². The molecule has 0 saturated carbocycles. The summed E-state index contributed by atoms with van der Waals surface area (Å²) in [5, 5.41) is 1.07. The number of aromatic nitrogens is 1. The monoisotopic (exact) mass is 352 g/mol. The van der Waals surface area contributed by atoms with Crippen molar-refractivity contribution in [3.63, 3.8) is 0 Å². The van der Waals surface area contributed by atoms with E-state index in [4.69, 9.17) is 4.74 Å². The number of benzene rings is 1. The van der Waals surface area contributed by atoms with Crippen molar-refractivity contribution < 1.29 is 14.3 Å². The van der Waals surface area contributed by atoms with Gasteiger partial charge in [0.2, 0.25) is 0 Å². The zero-order valence-corrected chi connectivity index (χ0v) is 15.4. The van der Waals surface area contributed by atoms with Crippen molar-refractivity contribution in [1.82, 2.24) is 9.88 Å². The zero-order valence-electron chi connectivity index (χ0n) is 15.4. The Morgan fingerprint density at radius 1 is 1.31 bits per heavy atom. The summed E-state index contributed by atoms with van der Waals surface area (Å²) in [4.78, 5) is 31.3. The number of ether oxygens (including phenoxy) is 1. The molecule has 136 valence electrons. The van der Waals surface area contributed by atoms with Gasteiger partial charge in [-0.1, -0.05) is 29.8 Å². The van der Waals surface area contributed by atoms with Crippen molar-refractivity contribution in [3.8, 4) is 0 Å². The zero-order chi connectivity index (χ0) is 18.4. The van der Waals surface area contributed by atoms with Crippen molar-refractivity contribution in [2.75, 3.05) is 20.7 Å². The first-order valence-electron chi connectivity index (χ1n) is 9.11. The summed E-state index contributed by atoms with van der Waals surface area (Å²) >= 11 is 0. The fourth-order valence-corrected chi connectivity index (χ4v) is 4.76. The fraction of sp³-hybridized carbons (Fsp3) is 0.429. The van der Waals surface area contributed by atoms with E-state index < -0.39 is 0 Å². The average molecular weight is 352 g/mol. The van der Waals surface area contributed by atoms with E-state index in [1.165, 1.54) is 7.11 Å². The third-order valence-corrected chi connectivity index (χ3v) is 6.08. The predicted molar refractivity (Wildman–Crippen MR) is 100 cm³/mol. The number of fused-ring (bicyclic) bond motifs is 5. The number of likely N-dealkylation sites (N-methyl/N-ethyl adjacent to an activating group) is 1. The molecule has 5 heteroatoms. The Bertz CT molecular complexity index is 911. The minimum Gasteiger partial charge on any atom is -0.469 e.